The predicted molar refractivity (Wildman–Crippen MR) is 193 cm³/mol. The summed E-state index contributed by atoms with van der Waals surface area (Å²) in [6.45, 7) is 0. The van der Waals surface area contributed by atoms with Gasteiger partial charge in [-0.05, 0) is 80.3 Å². The molecule has 1 unspecified atom stereocenters. The first-order valence-electron chi connectivity index (χ1n) is 15.9. The molecule has 0 N–H and O–H groups in total. The number of allylic oxidation sites excluding steroid dienone is 6. The van der Waals surface area contributed by atoms with Crippen molar-refractivity contribution >= 4 is 28.6 Å². The average Bonchev–Trinajstić information content (AvgIpc) is 3.36. The van der Waals surface area contributed by atoms with Gasteiger partial charge in [-0.2, -0.15) is 0 Å². The van der Waals surface area contributed by atoms with Crippen LogP contribution in [-0.4, -0.2) is 0 Å². The van der Waals surface area contributed by atoms with Gasteiger partial charge in [-0.25, -0.2) is 0 Å². The van der Waals surface area contributed by atoms with E-state index in [4.69, 9.17) is 0 Å². The summed E-state index contributed by atoms with van der Waals surface area (Å²) in [5.41, 5.74) is 11.2. The molecular weight excluding hydrogens is 575 g/mol. The third kappa shape index (κ3) is 3.73. The zero-order chi connectivity index (χ0) is 30.7. The molecule has 218 valence electrons. The molecule has 0 saturated carbocycles. The molecule has 6 aromatic rings. The maximum absolute atomic E-state index is 15.9. The summed E-state index contributed by atoms with van der Waals surface area (Å²) in [6.07, 6.45) is 11.7. The first-order valence-corrected chi connectivity index (χ1v) is 17.7. The lowest BCUT2D eigenvalue weighted by atomic mass is 9.67. The highest BCUT2D eigenvalue weighted by Gasteiger charge is 2.49. The molecule has 1 nitrogen and oxygen atoms in total. The van der Waals surface area contributed by atoms with Crippen LogP contribution in [0.2, 0.25) is 0 Å². The number of hydrogen-bond donors (Lipinski definition) is 0. The molecule has 0 saturated heterocycles. The zero-order valence-electron chi connectivity index (χ0n) is 25.3. The summed E-state index contributed by atoms with van der Waals surface area (Å²) in [5, 5.41) is 2.73. The number of benzene rings is 6. The highest BCUT2D eigenvalue weighted by Crippen LogP contribution is 2.60. The molecule has 0 spiro atoms. The molecular formula is C44H31OP. The monoisotopic (exact) mass is 606 g/mol. The van der Waals surface area contributed by atoms with Crippen molar-refractivity contribution in [2.24, 2.45) is 0 Å². The highest BCUT2D eigenvalue weighted by molar-refractivity contribution is 7.86. The van der Waals surface area contributed by atoms with E-state index >= 15 is 4.57 Å². The topological polar surface area (TPSA) is 17.1 Å². The molecule has 1 atom stereocenters. The van der Waals surface area contributed by atoms with Crippen molar-refractivity contribution < 1.29 is 4.57 Å². The van der Waals surface area contributed by atoms with Crippen LogP contribution >= 0.6 is 7.14 Å². The van der Waals surface area contributed by atoms with Crippen LogP contribution in [0.4, 0.5) is 0 Å². The van der Waals surface area contributed by atoms with Crippen molar-refractivity contribution in [3.05, 3.63) is 204 Å². The molecule has 0 amide bonds. The van der Waals surface area contributed by atoms with Crippen molar-refractivity contribution in [3.8, 4) is 22.3 Å². The SMILES string of the molecule is O=P1(c2ccccc2)c2cc(C3=CC=CCC=C3)ccc2-c2cc3c(cc21)-c1ccccc1C3(c1ccccc1)c1ccccc1. The molecule has 0 aromatic heterocycles. The van der Waals surface area contributed by atoms with Crippen LogP contribution < -0.4 is 15.9 Å². The molecule has 1 heterocycles. The van der Waals surface area contributed by atoms with Crippen LogP contribution in [0.15, 0.2) is 176 Å². The van der Waals surface area contributed by atoms with E-state index in [1.54, 1.807) is 0 Å². The number of fused-ring (bicyclic) bond motifs is 6. The van der Waals surface area contributed by atoms with Crippen molar-refractivity contribution in [1.29, 1.82) is 0 Å². The van der Waals surface area contributed by atoms with E-state index in [1.165, 1.54) is 27.8 Å². The second-order valence-electron chi connectivity index (χ2n) is 12.3. The van der Waals surface area contributed by atoms with Gasteiger partial charge >= 0.3 is 0 Å². The zero-order valence-corrected chi connectivity index (χ0v) is 26.2. The first kappa shape index (κ1) is 27.1. The molecule has 0 bridgehead atoms. The lowest BCUT2D eigenvalue weighted by Crippen LogP contribution is -2.29. The van der Waals surface area contributed by atoms with Crippen LogP contribution in [0.3, 0.4) is 0 Å². The minimum Gasteiger partial charge on any atom is -0.309 e. The molecule has 1 aliphatic heterocycles. The van der Waals surface area contributed by atoms with Gasteiger partial charge in [0.1, 0.15) is 0 Å². The van der Waals surface area contributed by atoms with Gasteiger partial charge in [0.2, 0.25) is 0 Å². The maximum Gasteiger partial charge on any atom is 0.172 e. The van der Waals surface area contributed by atoms with E-state index in [9.17, 15) is 0 Å². The Kier molecular flexibility index (Phi) is 6.14. The molecule has 2 aliphatic carbocycles. The summed E-state index contributed by atoms with van der Waals surface area (Å²) < 4.78 is 15.9. The standard InChI is InChI=1S/C44H31OP/c45-46(35-22-12-5-13-23-35)42-28-32(31-16-6-1-2-7-17-31)26-27-37(42)39-29-41-38(30-43(39)46)36-24-14-15-25-40(36)44(41,33-18-8-3-9-19-33)34-20-10-4-11-21-34/h1,3-30H,2H2. The molecule has 0 radical (unpaired) electrons. The third-order valence-electron chi connectivity index (χ3n) is 9.98. The Bertz CT molecular complexity index is 2250. The fourth-order valence-electron chi connectivity index (χ4n) is 7.97. The first-order chi connectivity index (χ1) is 22.7. The van der Waals surface area contributed by atoms with Crippen LogP contribution in [0.1, 0.15) is 34.2 Å². The molecule has 6 aromatic carbocycles. The van der Waals surface area contributed by atoms with Gasteiger partial charge in [0.05, 0.1) is 5.41 Å². The summed E-state index contributed by atoms with van der Waals surface area (Å²) in [6, 6.07) is 51.9. The Balaban J connectivity index is 1.38. The Labute approximate surface area is 270 Å². The molecule has 9 rings (SSSR count). The quantitative estimate of drug-likeness (QED) is 0.182. The Hall–Kier alpha value is -5.23. The fraction of sp³-hybridized carbons (Fsp3) is 0.0455. The molecule has 2 heteroatoms. The van der Waals surface area contributed by atoms with Gasteiger partial charge in [0, 0.05) is 15.9 Å². The third-order valence-corrected chi connectivity index (χ3v) is 13.1. The molecule has 0 fully saturated rings. The van der Waals surface area contributed by atoms with Crippen LogP contribution in [0, 0.1) is 0 Å². The summed E-state index contributed by atoms with van der Waals surface area (Å²) in [5.74, 6) is 0. The summed E-state index contributed by atoms with van der Waals surface area (Å²) in [4.78, 5) is 0. The second kappa shape index (κ2) is 10.4. The van der Waals surface area contributed by atoms with Gasteiger partial charge < -0.3 is 4.57 Å². The van der Waals surface area contributed by atoms with Crippen LogP contribution in [0.25, 0.3) is 27.8 Å². The van der Waals surface area contributed by atoms with E-state index in [2.05, 4.69) is 146 Å². The van der Waals surface area contributed by atoms with E-state index in [1.807, 2.05) is 30.3 Å². The number of rotatable bonds is 4. The fourth-order valence-corrected chi connectivity index (χ4v) is 11.1. The molecule has 46 heavy (non-hydrogen) atoms. The highest BCUT2D eigenvalue weighted by atomic mass is 31.2. The smallest absolute Gasteiger partial charge is 0.172 e. The second-order valence-corrected chi connectivity index (χ2v) is 15.0. The average molecular weight is 607 g/mol. The molecule has 3 aliphatic rings. The Morgan fingerprint density at radius 2 is 1.17 bits per heavy atom. The van der Waals surface area contributed by atoms with Gasteiger partial charge in [0.25, 0.3) is 0 Å². The van der Waals surface area contributed by atoms with E-state index in [0.717, 1.165) is 50.2 Å². The van der Waals surface area contributed by atoms with Crippen molar-refractivity contribution in [2.45, 2.75) is 11.8 Å². The van der Waals surface area contributed by atoms with Crippen LogP contribution in [-0.2, 0) is 9.98 Å². The lowest BCUT2D eigenvalue weighted by Gasteiger charge is -2.34. The van der Waals surface area contributed by atoms with E-state index < -0.39 is 12.6 Å². The van der Waals surface area contributed by atoms with Crippen molar-refractivity contribution in [3.63, 3.8) is 0 Å². The van der Waals surface area contributed by atoms with Crippen LogP contribution in [0.5, 0.6) is 0 Å². The van der Waals surface area contributed by atoms with E-state index in [-0.39, 0.29) is 0 Å². The van der Waals surface area contributed by atoms with Gasteiger partial charge in [-0.3, -0.25) is 0 Å². The van der Waals surface area contributed by atoms with E-state index in [0.29, 0.717) is 0 Å². The minimum atomic E-state index is -3.19. The Morgan fingerprint density at radius 3 is 1.91 bits per heavy atom. The van der Waals surface area contributed by atoms with Gasteiger partial charge in [0.15, 0.2) is 7.14 Å². The minimum absolute atomic E-state index is 0.509. The predicted octanol–water partition coefficient (Wildman–Crippen LogP) is 9.57. The van der Waals surface area contributed by atoms with Gasteiger partial charge in [-0.15, -0.1) is 0 Å². The van der Waals surface area contributed by atoms with Crippen molar-refractivity contribution in [2.75, 3.05) is 0 Å². The van der Waals surface area contributed by atoms with Crippen molar-refractivity contribution in [1.82, 2.24) is 0 Å². The largest absolute Gasteiger partial charge is 0.309 e. The van der Waals surface area contributed by atoms with Gasteiger partial charge in [-0.1, -0.05) is 158 Å². The Morgan fingerprint density at radius 1 is 0.522 bits per heavy atom. The summed E-state index contributed by atoms with van der Waals surface area (Å²) >= 11 is 0. The normalized spacial score (nSPS) is 18.2. The lowest BCUT2D eigenvalue weighted by molar-refractivity contribution is 0.593. The summed E-state index contributed by atoms with van der Waals surface area (Å²) in [7, 11) is -3.19. The number of hydrogen-bond acceptors (Lipinski definition) is 1. The maximum atomic E-state index is 15.9.